The van der Waals surface area contributed by atoms with Gasteiger partial charge in [-0.1, -0.05) is 12.1 Å². The molecule has 0 radical (unpaired) electrons. The smallest absolute Gasteiger partial charge is 0.123 e. The molecule has 19 heavy (non-hydrogen) atoms. The Bertz CT molecular complexity index is 653. The van der Waals surface area contributed by atoms with Gasteiger partial charge in [-0.2, -0.15) is 0 Å². The molecule has 3 heteroatoms. The second kappa shape index (κ2) is 4.07. The standard InChI is InChI=1S/C16H16FNO/c1-10-2-3-12(17)9-15(10)16(19)7-6-11-8-13(18)4-5-14(11)16/h2-5,8-9,19H,6-7,18H2,1H3. The van der Waals surface area contributed by atoms with E-state index in [1.165, 1.54) is 12.1 Å². The molecule has 1 aliphatic carbocycles. The number of nitrogens with two attached hydrogens (primary N) is 1. The SMILES string of the molecule is Cc1ccc(F)cc1C1(O)CCc2cc(N)ccc21. The average molecular weight is 257 g/mol. The summed E-state index contributed by atoms with van der Waals surface area (Å²) in [4.78, 5) is 0. The van der Waals surface area contributed by atoms with E-state index in [4.69, 9.17) is 5.73 Å². The van der Waals surface area contributed by atoms with Gasteiger partial charge in [0.05, 0.1) is 0 Å². The molecule has 3 N–H and O–H groups in total. The molecule has 0 saturated heterocycles. The molecule has 0 saturated carbocycles. The van der Waals surface area contributed by atoms with Crippen LogP contribution in [0.25, 0.3) is 0 Å². The summed E-state index contributed by atoms with van der Waals surface area (Å²) in [5.74, 6) is -0.321. The van der Waals surface area contributed by atoms with Crippen molar-refractivity contribution in [1.82, 2.24) is 0 Å². The highest BCUT2D eigenvalue weighted by Crippen LogP contribution is 2.43. The van der Waals surface area contributed by atoms with E-state index in [1.807, 2.05) is 19.1 Å². The van der Waals surface area contributed by atoms with Crippen LogP contribution in [0.5, 0.6) is 0 Å². The number of fused-ring (bicyclic) bond motifs is 1. The van der Waals surface area contributed by atoms with Gasteiger partial charge in [-0.25, -0.2) is 4.39 Å². The highest BCUT2D eigenvalue weighted by Gasteiger charge is 2.39. The van der Waals surface area contributed by atoms with Crippen LogP contribution < -0.4 is 5.73 Å². The van der Waals surface area contributed by atoms with Crippen LogP contribution in [0.15, 0.2) is 36.4 Å². The van der Waals surface area contributed by atoms with Crippen molar-refractivity contribution in [1.29, 1.82) is 0 Å². The van der Waals surface area contributed by atoms with Gasteiger partial charge in [-0.3, -0.25) is 0 Å². The second-order valence-corrected chi connectivity index (χ2v) is 5.24. The lowest BCUT2D eigenvalue weighted by atomic mass is 9.85. The van der Waals surface area contributed by atoms with Gasteiger partial charge in [-0.15, -0.1) is 0 Å². The van der Waals surface area contributed by atoms with Crippen molar-refractivity contribution in [2.24, 2.45) is 0 Å². The monoisotopic (exact) mass is 257 g/mol. The minimum absolute atomic E-state index is 0.321. The topological polar surface area (TPSA) is 46.2 Å². The Morgan fingerprint density at radius 2 is 1.95 bits per heavy atom. The van der Waals surface area contributed by atoms with Crippen LogP contribution in [0.3, 0.4) is 0 Å². The quantitative estimate of drug-likeness (QED) is 0.772. The predicted octanol–water partition coefficient (Wildman–Crippen LogP) is 2.90. The number of halogens is 1. The van der Waals surface area contributed by atoms with Crippen LogP contribution in [0.1, 0.15) is 28.7 Å². The summed E-state index contributed by atoms with van der Waals surface area (Å²) in [5, 5.41) is 11.0. The minimum Gasteiger partial charge on any atom is -0.399 e. The molecule has 0 aromatic heterocycles. The van der Waals surface area contributed by atoms with Gasteiger partial charge in [0, 0.05) is 5.69 Å². The summed E-state index contributed by atoms with van der Waals surface area (Å²) in [6.45, 7) is 1.89. The fourth-order valence-electron chi connectivity index (χ4n) is 2.99. The van der Waals surface area contributed by atoms with Crippen molar-refractivity contribution in [3.05, 3.63) is 64.5 Å². The minimum atomic E-state index is -1.10. The first-order chi connectivity index (χ1) is 9.00. The van der Waals surface area contributed by atoms with E-state index in [1.54, 1.807) is 12.1 Å². The summed E-state index contributed by atoms with van der Waals surface area (Å²) in [5.41, 5.74) is 8.80. The lowest BCUT2D eigenvalue weighted by Gasteiger charge is -2.26. The molecule has 98 valence electrons. The molecule has 2 aromatic carbocycles. The average Bonchev–Trinajstić information content (AvgIpc) is 2.70. The Hall–Kier alpha value is -1.87. The maximum Gasteiger partial charge on any atom is 0.123 e. The summed E-state index contributed by atoms with van der Waals surface area (Å²) >= 11 is 0. The molecule has 0 bridgehead atoms. The van der Waals surface area contributed by atoms with E-state index in [0.717, 1.165) is 23.1 Å². The molecule has 1 atom stereocenters. The number of benzene rings is 2. The van der Waals surface area contributed by atoms with Crippen LogP contribution in [0.4, 0.5) is 10.1 Å². The van der Waals surface area contributed by atoms with Crippen molar-refractivity contribution >= 4 is 5.69 Å². The van der Waals surface area contributed by atoms with Gasteiger partial charge in [0.1, 0.15) is 11.4 Å². The van der Waals surface area contributed by atoms with Crippen molar-refractivity contribution in [3.8, 4) is 0 Å². The van der Waals surface area contributed by atoms with Gasteiger partial charge in [-0.05, 0) is 66.3 Å². The number of hydrogen-bond acceptors (Lipinski definition) is 2. The zero-order chi connectivity index (χ0) is 13.6. The third kappa shape index (κ3) is 1.81. The number of hydrogen-bond donors (Lipinski definition) is 2. The summed E-state index contributed by atoms with van der Waals surface area (Å²) in [7, 11) is 0. The van der Waals surface area contributed by atoms with Crippen LogP contribution in [0, 0.1) is 12.7 Å². The Morgan fingerprint density at radius 3 is 2.74 bits per heavy atom. The maximum atomic E-state index is 13.5. The zero-order valence-electron chi connectivity index (χ0n) is 10.8. The molecule has 3 rings (SSSR count). The molecule has 1 unspecified atom stereocenters. The Labute approximate surface area is 111 Å². The third-order valence-electron chi connectivity index (χ3n) is 3.98. The van der Waals surface area contributed by atoms with Crippen molar-refractivity contribution in [3.63, 3.8) is 0 Å². The molecule has 0 spiro atoms. The summed E-state index contributed by atoms with van der Waals surface area (Å²) in [6, 6.07) is 10.1. The van der Waals surface area contributed by atoms with Crippen molar-refractivity contribution in [2.45, 2.75) is 25.4 Å². The van der Waals surface area contributed by atoms with E-state index in [2.05, 4.69) is 0 Å². The van der Waals surface area contributed by atoms with Gasteiger partial charge in [0.2, 0.25) is 0 Å². The number of rotatable bonds is 1. The molecule has 0 amide bonds. The Balaban J connectivity index is 2.19. The first kappa shape index (κ1) is 12.2. The van der Waals surface area contributed by atoms with Crippen molar-refractivity contribution in [2.75, 3.05) is 5.73 Å². The van der Waals surface area contributed by atoms with Crippen LogP contribution in [-0.4, -0.2) is 5.11 Å². The lowest BCUT2D eigenvalue weighted by Crippen LogP contribution is -2.25. The molecule has 2 nitrogen and oxygen atoms in total. The molecule has 1 aliphatic rings. The van der Waals surface area contributed by atoms with Gasteiger partial charge >= 0.3 is 0 Å². The van der Waals surface area contributed by atoms with Crippen molar-refractivity contribution < 1.29 is 9.50 Å². The normalized spacial score (nSPS) is 21.4. The summed E-state index contributed by atoms with van der Waals surface area (Å²) < 4.78 is 13.5. The number of nitrogen functional groups attached to an aromatic ring is 1. The molecule has 2 aromatic rings. The zero-order valence-corrected chi connectivity index (χ0v) is 10.8. The molecule has 0 fully saturated rings. The van der Waals surface area contributed by atoms with Gasteiger partial charge in [0.25, 0.3) is 0 Å². The van der Waals surface area contributed by atoms with E-state index in [-0.39, 0.29) is 5.82 Å². The van der Waals surface area contributed by atoms with E-state index in [9.17, 15) is 9.50 Å². The third-order valence-corrected chi connectivity index (χ3v) is 3.98. The lowest BCUT2D eigenvalue weighted by molar-refractivity contribution is 0.0819. The molecule has 0 heterocycles. The van der Waals surface area contributed by atoms with Crippen LogP contribution in [-0.2, 0) is 12.0 Å². The Morgan fingerprint density at radius 1 is 1.16 bits per heavy atom. The largest absolute Gasteiger partial charge is 0.399 e. The molecular formula is C16H16FNO. The van der Waals surface area contributed by atoms with Gasteiger partial charge in [0.15, 0.2) is 0 Å². The van der Waals surface area contributed by atoms with E-state index in [0.29, 0.717) is 17.7 Å². The molecule has 0 aliphatic heterocycles. The Kier molecular flexibility index (Phi) is 2.61. The number of anilines is 1. The summed E-state index contributed by atoms with van der Waals surface area (Å²) in [6.07, 6.45) is 1.32. The fraction of sp³-hybridized carbons (Fsp3) is 0.250. The van der Waals surface area contributed by atoms with E-state index >= 15 is 0 Å². The highest BCUT2D eigenvalue weighted by atomic mass is 19.1. The van der Waals surface area contributed by atoms with E-state index < -0.39 is 5.60 Å². The first-order valence-corrected chi connectivity index (χ1v) is 6.38. The second-order valence-electron chi connectivity index (χ2n) is 5.24. The maximum absolute atomic E-state index is 13.5. The fourth-order valence-corrected chi connectivity index (χ4v) is 2.99. The highest BCUT2D eigenvalue weighted by molar-refractivity contribution is 5.53. The number of aryl methyl sites for hydroxylation is 2. The predicted molar refractivity (Wildman–Crippen MR) is 73.3 cm³/mol. The van der Waals surface area contributed by atoms with Gasteiger partial charge < -0.3 is 10.8 Å². The van der Waals surface area contributed by atoms with Crippen LogP contribution in [0.2, 0.25) is 0 Å². The van der Waals surface area contributed by atoms with Crippen LogP contribution >= 0.6 is 0 Å². The number of aliphatic hydroxyl groups is 1. The molecular weight excluding hydrogens is 241 g/mol. The first-order valence-electron chi connectivity index (χ1n) is 6.38.